The molecule has 0 aromatic rings. The summed E-state index contributed by atoms with van der Waals surface area (Å²) in [4.78, 5) is 0. The third kappa shape index (κ3) is 2.63. The number of hydrogen-bond acceptors (Lipinski definition) is 4. The van der Waals surface area contributed by atoms with Gasteiger partial charge in [-0.3, -0.25) is 0 Å². The molecule has 2 N–H and O–H groups in total. The zero-order valence-electron chi connectivity index (χ0n) is 21.9. The van der Waals surface area contributed by atoms with E-state index in [-0.39, 0.29) is 52.2 Å². The number of aliphatic hydroxyl groups is 2. The van der Waals surface area contributed by atoms with E-state index in [1.165, 1.54) is 25.7 Å². The zero-order chi connectivity index (χ0) is 23.6. The van der Waals surface area contributed by atoms with Crippen molar-refractivity contribution in [2.75, 3.05) is 6.61 Å². The Morgan fingerprint density at radius 3 is 2.42 bits per heavy atom. The van der Waals surface area contributed by atoms with E-state index in [1.807, 2.05) is 0 Å². The van der Waals surface area contributed by atoms with Gasteiger partial charge in [-0.25, -0.2) is 0 Å². The predicted molar refractivity (Wildman–Crippen MR) is 128 cm³/mol. The third-order valence-corrected chi connectivity index (χ3v) is 13.2. The minimum Gasteiger partial charge on any atom is -0.393 e. The first-order valence-corrected chi connectivity index (χ1v) is 14.1. The normalized spacial score (nSPS) is 61.1. The van der Waals surface area contributed by atoms with Crippen LogP contribution >= 0.6 is 0 Å². The van der Waals surface area contributed by atoms with E-state index in [1.54, 1.807) is 0 Å². The highest BCUT2D eigenvalue weighted by Gasteiger charge is 2.84. The lowest BCUT2D eigenvalue weighted by atomic mass is 9.41. The molecule has 5 aliphatic carbocycles. The fraction of sp³-hybridized carbons (Fsp3) is 1.00. The Morgan fingerprint density at radius 1 is 0.939 bits per heavy atom. The fourth-order valence-corrected chi connectivity index (χ4v) is 11.8. The Balaban J connectivity index is 1.38. The van der Waals surface area contributed by atoms with Crippen LogP contribution in [0.1, 0.15) is 99.3 Å². The van der Waals surface area contributed by atoms with Gasteiger partial charge < -0.3 is 19.7 Å². The molecule has 33 heavy (non-hydrogen) atoms. The smallest absolute Gasteiger partial charge is 0.157 e. The molecule has 1 heterocycles. The van der Waals surface area contributed by atoms with E-state index in [9.17, 15) is 10.2 Å². The van der Waals surface area contributed by atoms with Crippen molar-refractivity contribution in [3.05, 3.63) is 0 Å². The highest BCUT2D eigenvalue weighted by molar-refractivity contribution is 5.32. The van der Waals surface area contributed by atoms with E-state index in [2.05, 4.69) is 41.5 Å². The maximum absolute atomic E-state index is 11.7. The molecule has 0 radical (unpaired) electrons. The van der Waals surface area contributed by atoms with Gasteiger partial charge in [-0.2, -0.15) is 0 Å². The molecule has 6 rings (SSSR count). The summed E-state index contributed by atoms with van der Waals surface area (Å²) < 4.78 is 12.8. The summed E-state index contributed by atoms with van der Waals surface area (Å²) in [5.41, 5.74) is 0.868. The maximum atomic E-state index is 11.7. The van der Waals surface area contributed by atoms with E-state index < -0.39 is 0 Å². The van der Waals surface area contributed by atoms with E-state index in [0.717, 1.165) is 32.1 Å². The summed E-state index contributed by atoms with van der Waals surface area (Å²) in [6, 6.07) is 0. The van der Waals surface area contributed by atoms with Crippen molar-refractivity contribution in [3.8, 4) is 0 Å². The molecule has 6 fully saturated rings. The van der Waals surface area contributed by atoms with Crippen LogP contribution in [0.3, 0.4) is 0 Å². The van der Waals surface area contributed by atoms with Gasteiger partial charge in [0.1, 0.15) is 0 Å². The number of ether oxygens (including phenoxy) is 2. The average Bonchev–Trinajstić information content (AvgIpc) is 3.36. The topological polar surface area (TPSA) is 58.9 Å². The summed E-state index contributed by atoms with van der Waals surface area (Å²) in [6.07, 6.45) is 9.77. The average molecular weight is 461 g/mol. The van der Waals surface area contributed by atoms with Gasteiger partial charge in [-0.1, -0.05) is 34.6 Å². The Morgan fingerprint density at radius 2 is 1.70 bits per heavy atom. The first kappa shape index (κ1) is 23.3. The number of fused-ring (bicyclic) bond motifs is 4. The quantitative estimate of drug-likeness (QED) is 0.568. The standard InChI is InChI=1S/C29H48O4/c1-7-32-22-9-8-17(2)23-19(33-22)15-27(6)20-14-18(30)24-25(3,4)21(31)10-11-29(24)16-28(20,29)13-12-26(23,27)5/h17-24,30-31H,7-16H2,1-6H3/t17-,18+,19+,20+,21+,22-,23+,24+,26-,27+,28+,29-/m1/s1. The third-order valence-electron chi connectivity index (χ3n) is 13.2. The number of rotatable bonds is 2. The van der Waals surface area contributed by atoms with Crippen LogP contribution in [0.2, 0.25) is 0 Å². The van der Waals surface area contributed by atoms with Gasteiger partial charge in [-0.05, 0) is 115 Å². The highest BCUT2D eigenvalue weighted by atomic mass is 16.7. The molecule has 188 valence electrons. The second-order valence-corrected chi connectivity index (χ2v) is 14.4. The molecule has 6 aliphatic rings. The van der Waals surface area contributed by atoms with Crippen LogP contribution in [0.5, 0.6) is 0 Å². The molecule has 0 aromatic heterocycles. The first-order chi connectivity index (χ1) is 15.5. The lowest BCUT2D eigenvalue weighted by Gasteiger charge is -2.64. The molecule has 2 spiro atoms. The SMILES string of the molecule is CCO[C@H]1CC[C@@H](C)[C@H]2[C@H](C[C@@]3(C)[C@@H]4C[C@H](O)[C@H]5C(C)(C)[C@@H](O)CC[C@@]56C[C@@]46CC[C@]23C)O1. The van der Waals surface area contributed by atoms with Crippen LogP contribution in [-0.2, 0) is 9.47 Å². The first-order valence-electron chi connectivity index (χ1n) is 14.1. The van der Waals surface area contributed by atoms with Crippen LogP contribution in [0.25, 0.3) is 0 Å². The van der Waals surface area contributed by atoms with Crippen molar-refractivity contribution >= 4 is 0 Å². The molecule has 12 atom stereocenters. The summed E-state index contributed by atoms with van der Waals surface area (Å²) in [7, 11) is 0. The highest BCUT2D eigenvalue weighted by Crippen LogP contribution is 2.89. The molecule has 4 heteroatoms. The van der Waals surface area contributed by atoms with Crippen LogP contribution in [-0.4, -0.2) is 41.4 Å². The Hall–Kier alpha value is -0.160. The van der Waals surface area contributed by atoms with Crippen molar-refractivity contribution < 1.29 is 19.7 Å². The van der Waals surface area contributed by atoms with Crippen LogP contribution in [0.4, 0.5) is 0 Å². The molecule has 1 aliphatic heterocycles. The Kier molecular flexibility index (Phi) is 4.92. The van der Waals surface area contributed by atoms with Gasteiger partial charge >= 0.3 is 0 Å². The van der Waals surface area contributed by atoms with Gasteiger partial charge in [0.05, 0.1) is 18.3 Å². The number of hydrogen-bond donors (Lipinski definition) is 2. The monoisotopic (exact) mass is 460 g/mol. The van der Waals surface area contributed by atoms with E-state index in [4.69, 9.17) is 9.47 Å². The van der Waals surface area contributed by atoms with Crippen molar-refractivity contribution in [3.63, 3.8) is 0 Å². The van der Waals surface area contributed by atoms with Crippen molar-refractivity contribution in [1.29, 1.82) is 0 Å². The minimum atomic E-state index is -0.297. The largest absolute Gasteiger partial charge is 0.393 e. The molecule has 0 amide bonds. The molecule has 0 bridgehead atoms. The van der Waals surface area contributed by atoms with Gasteiger partial charge in [0.15, 0.2) is 6.29 Å². The van der Waals surface area contributed by atoms with E-state index >= 15 is 0 Å². The Labute approximate surface area is 201 Å². The van der Waals surface area contributed by atoms with Crippen LogP contribution in [0, 0.1) is 50.7 Å². The Bertz CT molecular complexity index is 811. The summed E-state index contributed by atoms with van der Waals surface area (Å²) >= 11 is 0. The van der Waals surface area contributed by atoms with Gasteiger partial charge in [0, 0.05) is 6.61 Å². The van der Waals surface area contributed by atoms with Gasteiger partial charge in [-0.15, -0.1) is 0 Å². The zero-order valence-corrected chi connectivity index (χ0v) is 21.9. The lowest BCUT2D eigenvalue weighted by Crippen LogP contribution is -2.61. The molecule has 4 nitrogen and oxygen atoms in total. The molecular weight excluding hydrogens is 412 g/mol. The van der Waals surface area contributed by atoms with Crippen molar-refractivity contribution in [2.24, 2.45) is 50.7 Å². The van der Waals surface area contributed by atoms with Crippen molar-refractivity contribution in [2.45, 2.75) is 124 Å². The summed E-state index contributed by atoms with van der Waals surface area (Å²) in [6.45, 7) is 14.9. The number of aliphatic hydroxyl groups excluding tert-OH is 2. The second-order valence-electron chi connectivity index (χ2n) is 14.4. The van der Waals surface area contributed by atoms with Crippen LogP contribution < -0.4 is 0 Å². The summed E-state index contributed by atoms with van der Waals surface area (Å²) in [5, 5.41) is 22.6. The van der Waals surface area contributed by atoms with Gasteiger partial charge in [0.25, 0.3) is 0 Å². The molecule has 0 unspecified atom stereocenters. The van der Waals surface area contributed by atoms with E-state index in [0.29, 0.717) is 29.8 Å². The van der Waals surface area contributed by atoms with Crippen LogP contribution in [0.15, 0.2) is 0 Å². The molecule has 0 aromatic carbocycles. The van der Waals surface area contributed by atoms with Gasteiger partial charge in [0.2, 0.25) is 0 Å². The molecular formula is C29H48O4. The van der Waals surface area contributed by atoms with Crippen molar-refractivity contribution in [1.82, 2.24) is 0 Å². The molecule has 5 saturated carbocycles. The second kappa shape index (κ2) is 6.99. The molecule has 1 saturated heterocycles. The lowest BCUT2D eigenvalue weighted by molar-refractivity contribution is -0.198. The summed E-state index contributed by atoms with van der Waals surface area (Å²) in [5.74, 6) is 2.04. The maximum Gasteiger partial charge on any atom is 0.157 e. The minimum absolute atomic E-state index is 0.0528. The fourth-order valence-electron chi connectivity index (χ4n) is 11.8. The predicted octanol–water partition coefficient (Wildman–Crippen LogP) is 5.54.